The quantitative estimate of drug-likeness (QED) is 0.855. The van der Waals surface area contributed by atoms with E-state index >= 15 is 0 Å². The van der Waals surface area contributed by atoms with Crippen molar-refractivity contribution in [3.05, 3.63) is 34.6 Å². The fraction of sp³-hybridized carbons (Fsp3) is 0.571. The third-order valence-electron chi connectivity index (χ3n) is 3.82. The van der Waals surface area contributed by atoms with Crippen LogP contribution < -0.4 is 5.73 Å². The molecule has 0 spiro atoms. The predicted molar refractivity (Wildman–Crippen MR) is 69.6 cm³/mol. The van der Waals surface area contributed by atoms with E-state index in [4.69, 9.17) is 17.3 Å². The Balaban J connectivity index is 2.11. The highest BCUT2D eigenvalue weighted by molar-refractivity contribution is 6.30. The first-order valence-electron chi connectivity index (χ1n) is 6.26. The average Bonchev–Trinajstić information content (AvgIpc) is 2.30. The zero-order chi connectivity index (χ0) is 12.4. The third kappa shape index (κ3) is 2.99. The first-order chi connectivity index (χ1) is 8.08. The van der Waals surface area contributed by atoms with Gasteiger partial charge in [-0.15, -0.1) is 0 Å². The van der Waals surface area contributed by atoms with Crippen LogP contribution in [0.25, 0.3) is 0 Å². The summed E-state index contributed by atoms with van der Waals surface area (Å²) in [6.45, 7) is 2.24. The van der Waals surface area contributed by atoms with E-state index in [1.807, 2.05) is 6.07 Å². The fourth-order valence-corrected chi connectivity index (χ4v) is 2.94. The fourth-order valence-electron chi connectivity index (χ4n) is 2.75. The molecule has 3 heteroatoms. The molecule has 0 saturated heterocycles. The maximum absolute atomic E-state index is 13.8. The van der Waals surface area contributed by atoms with Gasteiger partial charge in [0.2, 0.25) is 0 Å². The van der Waals surface area contributed by atoms with Gasteiger partial charge in [0.25, 0.3) is 0 Å². The van der Waals surface area contributed by atoms with Crippen LogP contribution in [0, 0.1) is 17.7 Å². The van der Waals surface area contributed by atoms with Gasteiger partial charge in [0.15, 0.2) is 0 Å². The first-order valence-corrected chi connectivity index (χ1v) is 6.64. The molecule has 1 fully saturated rings. The average molecular weight is 256 g/mol. The largest absolute Gasteiger partial charge is 0.327 e. The van der Waals surface area contributed by atoms with Gasteiger partial charge in [-0.2, -0.15) is 0 Å². The van der Waals surface area contributed by atoms with Crippen LogP contribution >= 0.6 is 11.6 Å². The SMILES string of the molecule is CC1CCC(N)C(Cc2cccc(Cl)c2F)C1. The highest BCUT2D eigenvalue weighted by Gasteiger charge is 2.26. The van der Waals surface area contributed by atoms with Gasteiger partial charge >= 0.3 is 0 Å². The van der Waals surface area contributed by atoms with Gasteiger partial charge in [-0.1, -0.05) is 30.7 Å². The summed E-state index contributed by atoms with van der Waals surface area (Å²) in [6, 6.07) is 5.40. The van der Waals surface area contributed by atoms with Crippen molar-refractivity contribution >= 4 is 11.6 Å². The maximum atomic E-state index is 13.8. The van der Waals surface area contributed by atoms with Crippen molar-refractivity contribution in [2.45, 2.75) is 38.6 Å². The molecule has 1 aliphatic rings. The Morgan fingerprint density at radius 1 is 1.41 bits per heavy atom. The lowest BCUT2D eigenvalue weighted by Gasteiger charge is -2.32. The Morgan fingerprint density at radius 2 is 2.18 bits per heavy atom. The van der Waals surface area contributed by atoms with E-state index in [9.17, 15) is 4.39 Å². The van der Waals surface area contributed by atoms with E-state index in [1.54, 1.807) is 12.1 Å². The van der Waals surface area contributed by atoms with Crippen molar-refractivity contribution in [3.8, 4) is 0 Å². The zero-order valence-electron chi connectivity index (χ0n) is 10.1. The molecule has 0 radical (unpaired) electrons. The Bertz CT molecular complexity index is 394. The van der Waals surface area contributed by atoms with Gasteiger partial charge in [0.1, 0.15) is 5.82 Å². The summed E-state index contributed by atoms with van der Waals surface area (Å²) < 4.78 is 13.8. The standard InChI is InChI=1S/C14H19ClFN/c1-9-5-6-13(17)11(7-9)8-10-3-2-4-12(15)14(10)16/h2-4,9,11,13H,5-8,17H2,1H3. The lowest BCUT2D eigenvalue weighted by atomic mass is 9.76. The number of hydrogen-bond donors (Lipinski definition) is 1. The maximum Gasteiger partial charge on any atom is 0.144 e. The van der Waals surface area contributed by atoms with Gasteiger partial charge in [0, 0.05) is 6.04 Å². The van der Waals surface area contributed by atoms with Gasteiger partial charge in [-0.25, -0.2) is 4.39 Å². The molecule has 1 aliphatic carbocycles. The van der Waals surface area contributed by atoms with Crippen LogP contribution in [0.3, 0.4) is 0 Å². The number of hydrogen-bond acceptors (Lipinski definition) is 1. The van der Waals surface area contributed by atoms with E-state index in [0.29, 0.717) is 23.8 Å². The minimum absolute atomic E-state index is 0.199. The molecule has 0 aliphatic heterocycles. The van der Waals surface area contributed by atoms with Crippen molar-refractivity contribution in [3.63, 3.8) is 0 Å². The molecule has 2 N–H and O–H groups in total. The molecule has 0 bridgehead atoms. The molecular formula is C14H19ClFN. The molecule has 1 nitrogen and oxygen atoms in total. The van der Waals surface area contributed by atoms with Crippen molar-refractivity contribution < 1.29 is 4.39 Å². The molecule has 0 heterocycles. The Labute approximate surface area is 107 Å². The molecule has 1 aromatic rings. The van der Waals surface area contributed by atoms with Crippen molar-refractivity contribution in [2.75, 3.05) is 0 Å². The normalized spacial score (nSPS) is 29.3. The Hall–Kier alpha value is -0.600. The van der Waals surface area contributed by atoms with Crippen LogP contribution in [0.1, 0.15) is 31.7 Å². The zero-order valence-corrected chi connectivity index (χ0v) is 10.9. The van der Waals surface area contributed by atoms with Crippen LogP contribution in [-0.4, -0.2) is 6.04 Å². The second-order valence-corrected chi connectivity index (χ2v) is 5.67. The second kappa shape index (κ2) is 5.36. The minimum atomic E-state index is -0.278. The van der Waals surface area contributed by atoms with E-state index in [0.717, 1.165) is 12.8 Å². The Morgan fingerprint density at radius 3 is 2.94 bits per heavy atom. The third-order valence-corrected chi connectivity index (χ3v) is 4.11. The molecule has 1 saturated carbocycles. The molecular weight excluding hydrogens is 237 g/mol. The molecule has 0 aromatic heterocycles. The van der Waals surface area contributed by atoms with Crippen molar-refractivity contribution in [1.29, 1.82) is 0 Å². The molecule has 0 amide bonds. The highest BCUT2D eigenvalue weighted by atomic mass is 35.5. The van der Waals surface area contributed by atoms with Gasteiger partial charge < -0.3 is 5.73 Å². The summed E-state index contributed by atoms with van der Waals surface area (Å²) in [5.41, 5.74) is 6.82. The Kier molecular flexibility index (Phi) is 4.05. The summed E-state index contributed by atoms with van der Waals surface area (Å²) in [6.07, 6.45) is 4.04. The van der Waals surface area contributed by atoms with E-state index in [2.05, 4.69) is 6.92 Å². The summed E-state index contributed by atoms with van der Waals surface area (Å²) >= 11 is 5.79. The van der Waals surface area contributed by atoms with Crippen LogP contribution in [0.5, 0.6) is 0 Å². The summed E-state index contributed by atoms with van der Waals surface area (Å²) in [4.78, 5) is 0. The molecule has 1 aromatic carbocycles. The summed E-state index contributed by atoms with van der Waals surface area (Å²) in [5.74, 6) is 0.799. The number of benzene rings is 1. The number of halogens is 2. The van der Waals surface area contributed by atoms with E-state index < -0.39 is 0 Å². The van der Waals surface area contributed by atoms with Crippen molar-refractivity contribution in [1.82, 2.24) is 0 Å². The lowest BCUT2D eigenvalue weighted by Crippen LogP contribution is -2.36. The molecule has 17 heavy (non-hydrogen) atoms. The molecule has 94 valence electrons. The van der Waals surface area contributed by atoms with Gasteiger partial charge in [0.05, 0.1) is 5.02 Å². The summed E-state index contributed by atoms with van der Waals surface area (Å²) in [5, 5.41) is 0.208. The van der Waals surface area contributed by atoms with Gasteiger partial charge in [-0.05, 0) is 49.1 Å². The van der Waals surface area contributed by atoms with Crippen LogP contribution in [0.4, 0.5) is 4.39 Å². The van der Waals surface area contributed by atoms with Crippen LogP contribution in [-0.2, 0) is 6.42 Å². The van der Waals surface area contributed by atoms with Gasteiger partial charge in [-0.3, -0.25) is 0 Å². The molecule has 2 rings (SSSR count). The number of rotatable bonds is 2. The molecule has 3 atom stereocenters. The van der Waals surface area contributed by atoms with E-state index in [-0.39, 0.29) is 16.9 Å². The number of nitrogens with two attached hydrogens (primary N) is 1. The highest BCUT2D eigenvalue weighted by Crippen LogP contribution is 2.31. The van der Waals surface area contributed by atoms with E-state index in [1.165, 1.54) is 6.42 Å². The minimum Gasteiger partial charge on any atom is -0.327 e. The second-order valence-electron chi connectivity index (χ2n) is 5.26. The predicted octanol–water partition coefficient (Wildman–Crippen LogP) is 3.79. The lowest BCUT2D eigenvalue weighted by molar-refractivity contribution is 0.243. The monoisotopic (exact) mass is 255 g/mol. The first kappa shape index (κ1) is 12.8. The smallest absolute Gasteiger partial charge is 0.144 e. The van der Waals surface area contributed by atoms with Crippen LogP contribution in [0.2, 0.25) is 5.02 Å². The van der Waals surface area contributed by atoms with Crippen LogP contribution in [0.15, 0.2) is 18.2 Å². The topological polar surface area (TPSA) is 26.0 Å². The summed E-state index contributed by atoms with van der Waals surface area (Å²) in [7, 11) is 0. The molecule has 3 unspecified atom stereocenters. The van der Waals surface area contributed by atoms with Crippen molar-refractivity contribution in [2.24, 2.45) is 17.6 Å².